The van der Waals surface area contributed by atoms with Gasteiger partial charge in [-0.1, -0.05) is 0 Å². The Balaban J connectivity index is 1.76. The van der Waals surface area contributed by atoms with Crippen LogP contribution >= 0.6 is 0 Å². The number of nitrogens with zero attached hydrogens (tertiary/aromatic N) is 1. The molecule has 1 saturated heterocycles. The lowest BCUT2D eigenvalue weighted by Crippen LogP contribution is -2.40. The second-order valence-corrected chi connectivity index (χ2v) is 7.93. The zero-order valence-corrected chi connectivity index (χ0v) is 16.6. The molecule has 1 fully saturated rings. The number of aliphatic hydroxyl groups excluding tert-OH is 1. The van der Waals surface area contributed by atoms with Crippen molar-refractivity contribution in [2.45, 2.75) is 31.0 Å². The van der Waals surface area contributed by atoms with E-state index in [-0.39, 0.29) is 35.0 Å². The predicted octanol–water partition coefficient (Wildman–Crippen LogP) is 4.01. The fraction of sp³-hybridized carbons (Fsp3) is 0.364. The number of piperidine rings is 1. The minimum atomic E-state index is -4.87. The number of rotatable bonds is 2. The maximum Gasteiger partial charge on any atom is 0.419 e. The summed E-state index contributed by atoms with van der Waals surface area (Å²) < 4.78 is 58.9. The molecular weight excluding hydrogens is 418 g/mol. The van der Waals surface area contributed by atoms with Gasteiger partial charge in [-0.15, -0.1) is 0 Å². The zero-order chi connectivity index (χ0) is 22.5. The Bertz CT molecular complexity index is 1050. The van der Waals surface area contributed by atoms with E-state index in [1.807, 2.05) is 11.9 Å². The molecule has 2 aromatic carbocycles. The molecule has 4 rings (SSSR count). The number of aliphatic hydroxyl groups is 1. The van der Waals surface area contributed by atoms with Gasteiger partial charge >= 0.3 is 6.18 Å². The highest BCUT2D eigenvalue weighted by atomic mass is 19.4. The number of likely N-dealkylation sites (tertiary alicyclic amines) is 1. The summed E-state index contributed by atoms with van der Waals surface area (Å²) >= 11 is 0. The van der Waals surface area contributed by atoms with E-state index in [4.69, 9.17) is 4.74 Å². The fourth-order valence-electron chi connectivity index (χ4n) is 4.21. The predicted molar refractivity (Wildman–Crippen MR) is 104 cm³/mol. The summed E-state index contributed by atoms with van der Waals surface area (Å²) in [5.41, 5.74) is -0.736. The summed E-state index contributed by atoms with van der Waals surface area (Å²) in [5, 5.41) is 31.4. The van der Waals surface area contributed by atoms with E-state index in [2.05, 4.69) is 0 Å². The standard InChI is InChI=1S/C22H21F4NO4/c1-27-7-6-12(18(30)10-27)20-17(29)9-16(28)13-3-5-19(31-21(13)20)11-2-4-15(23)14(8-11)22(24,25)26/h2,4-5,8-9,12,18,28-30H,3,6-7,10H2,1H3/t12-,18+/m0/s1. The second kappa shape index (κ2) is 7.72. The van der Waals surface area contributed by atoms with Crippen molar-refractivity contribution >= 4 is 5.76 Å². The molecular formula is C22H21F4NO4. The van der Waals surface area contributed by atoms with Crippen LogP contribution in [-0.4, -0.2) is 46.5 Å². The first kappa shape index (κ1) is 21.5. The van der Waals surface area contributed by atoms with Crippen molar-refractivity contribution in [1.29, 1.82) is 0 Å². The molecule has 0 amide bonds. The van der Waals surface area contributed by atoms with Gasteiger partial charge in [0.2, 0.25) is 0 Å². The molecule has 0 aromatic heterocycles. The molecule has 5 nitrogen and oxygen atoms in total. The SMILES string of the molecule is CN1CC[C@H](c2c(O)cc(O)c3c2OC(c2ccc(F)c(C(F)(F)F)c2)=CC3)[C@H](O)C1. The Kier molecular flexibility index (Phi) is 5.35. The van der Waals surface area contributed by atoms with Gasteiger partial charge in [-0.2, -0.15) is 13.2 Å². The van der Waals surface area contributed by atoms with Gasteiger partial charge in [0, 0.05) is 41.6 Å². The number of halogens is 4. The minimum Gasteiger partial charge on any atom is -0.507 e. The first-order valence-corrected chi connectivity index (χ1v) is 9.75. The maximum absolute atomic E-state index is 13.7. The number of fused-ring (bicyclic) bond motifs is 1. The van der Waals surface area contributed by atoms with E-state index in [0.717, 1.165) is 6.07 Å². The molecule has 0 unspecified atom stereocenters. The molecule has 2 aromatic rings. The van der Waals surface area contributed by atoms with Crippen LogP contribution in [0.5, 0.6) is 17.2 Å². The normalized spacial score (nSPS) is 21.9. The van der Waals surface area contributed by atoms with Crippen molar-refractivity contribution < 1.29 is 37.6 Å². The maximum atomic E-state index is 13.7. The van der Waals surface area contributed by atoms with Crippen molar-refractivity contribution in [1.82, 2.24) is 4.90 Å². The number of β-amino-alcohol motifs (C(OH)–C–C–N with tert-alkyl or cyclic N) is 1. The quantitative estimate of drug-likeness (QED) is 0.617. The molecule has 166 valence electrons. The van der Waals surface area contributed by atoms with Crippen LogP contribution in [0.4, 0.5) is 17.6 Å². The van der Waals surface area contributed by atoms with E-state index >= 15 is 0 Å². The topological polar surface area (TPSA) is 73.2 Å². The number of ether oxygens (including phenoxy) is 1. The lowest BCUT2D eigenvalue weighted by atomic mass is 9.84. The number of hydrogen-bond donors (Lipinski definition) is 3. The first-order chi connectivity index (χ1) is 14.6. The smallest absolute Gasteiger partial charge is 0.419 e. The van der Waals surface area contributed by atoms with Gasteiger partial charge in [-0.3, -0.25) is 0 Å². The molecule has 0 aliphatic carbocycles. The number of phenolic OH excluding ortho intramolecular Hbond substituents is 2. The Hall–Kier alpha value is -2.78. The summed E-state index contributed by atoms with van der Waals surface area (Å²) in [5.74, 6) is -2.19. The zero-order valence-electron chi connectivity index (χ0n) is 16.6. The molecule has 31 heavy (non-hydrogen) atoms. The molecule has 2 heterocycles. The van der Waals surface area contributed by atoms with Crippen LogP contribution in [0.15, 0.2) is 30.3 Å². The van der Waals surface area contributed by atoms with E-state index in [9.17, 15) is 32.9 Å². The van der Waals surface area contributed by atoms with Crippen molar-refractivity contribution in [3.8, 4) is 17.2 Å². The molecule has 2 aliphatic rings. The Morgan fingerprint density at radius 2 is 1.87 bits per heavy atom. The second-order valence-electron chi connectivity index (χ2n) is 7.93. The summed E-state index contributed by atoms with van der Waals surface area (Å²) in [4.78, 5) is 1.94. The summed E-state index contributed by atoms with van der Waals surface area (Å²) in [6.45, 7) is 1.03. The monoisotopic (exact) mass is 439 g/mol. The molecule has 0 spiro atoms. The average Bonchev–Trinajstić information content (AvgIpc) is 2.68. The number of benzene rings is 2. The van der Waals surface area contributed by atoms with Gasteiger partial charge in [0.1, 0.15) is 28.8 Å². The largest absolute Gasteiger partial charge is 0.507 e. The Morgan fingerprint density at radius 3 is 2.55 bits per heavy atom. The van der Waals surface area contributed by atoms with Crippen molar-refractivity contribution in [3.05, 3.63) is 58.4 Å². The van der Waals surface area contributed by atoms with Crippen molar-refractivity contribution in [3.63, 3.8) is 0 Å². The number of allylic oxidation sites excluding steroid dienone is 1. The van der Waals surface area contributed by atoms with Crippen LogP contribution in [0.25, 0.3) is 5.76 Å². The van der Waals surface area contributed by atoms with Crippen LogP contribution < -0.4 is 4.74 Å². The van der Waals surface area contributed by atoms with Crippen LogP contribution in [0.2, 0.25) is 0 Å². The van der Waals surface area contributed by atoms with Crippen LogP contribution in [0, 0.1) is 5.82 Å². The van der Waals surface area contributed by atoms with E-state index < -0.39 is 29.6 Å². The molecule has 2 aliphatic heterocycles. The molecule has 0 bridgehead atoms. The van der Waals surface area contributed by atoms with E-state index in [1.165, 1.54) is 18.2 Å². The highest BCUT2D eigenvalue weighted by Gasteiger charge is 2.37. The lowest BCUT2D eigenvalue weighted by molar-refractivity contribution is -0.140. The molecule has 0 radical (unpaired) electrons. The highest BCUT2D eigenvalue weighted by molar-refractivity contribution is 5.70. The number of alkyl halides is 3. The summed E-state index contributed by atoms with van der Waals surface area (Å²) in [7, 11) is 1.86. The molecule has 9 heteroatoms. The van der Waals surface area contributed by atoms with Crippen LogP contribution in [0.3, 0.4) is 0 Å². The number of aromatic hydroxyl groups is 2. The van der Waals surface area contributed by atoms with Crippen LogP contribution in [0.1, 0.15) is 34.6 Å². The van der Waals surface area contributed by atoms with E-state index in [0.29, 0.717) is 36.7 Å². The average molecular weight is 439 g/mol. The first-order valence-electron chi connectivity index (χ1n) is 9.75. The Labute approximate surface area is 175 Å². The number of likely N-dealkylation sites (N-methyl/N-ethyl adjacent to an activating group) is 1. The minimum absolute atomic E-state index is 0.0112. The lowest BCUT2D eigenvalue weighted by Gasteiger charge is -2.36. The third-order valence-electron chi connectivity index (χ3n) is 5.79. The van der Waals surface area contributed by atoms with Crippen molar-refractivity contribution in [2.24, 2.45) is 0 Å². The number of phenols is 2. The van der Waals surface area contributed by atoms with E-state index in [1.54, 1.807) is 0 Å². The third kappa shape index (κ3) is 3.95. The Morgan fingerprint density at radius 1 is 1.13 bits per heavy atom. The highest BCUT2D eigenvalue weighted by Crippen LogP contribution is 2.48. The summed E-state index contributed by atoms with van der Waals surface area (Å²) in [6, 6.07) is 3.74. The van der Waals surface area contributed by atoms with Gasteiger partial charge in [-0.05, 0) is 44.3 Å². The van der Waals surface area contributed by atoms with Crippen molar-refractivity contribution in [2.75, 3.05) is 20.1 Å². The van der Waals surface area contributed by atoms with Crippen LogP contribution in [-0.2, 0) is 12.6 Å². The fourth-order valence-corrected chi connectivity index (χ4v) is 4.21. The van der Waals surface area contributed by atoms with Gasteiger partial charge in [0.05, 0.1) is 11.7 Å². The third-order valence-corrected chi connectivity index (χ3v) is 5.79. The van der Waals surface area contributed by atoms with Gasteiger partial charge < -0.3 is 25.0 Å². The van der Waals surface area contributed by atoms with Gasteiger partial charge in [0.15, 0.2) is 0 Å². The molecule has 0 saturated carbocycles. The molecule has 2 atom stereocenters. The number of hydrogen-bond acceptors (Lipinski definition) is 5. The molecule has 3 N–H and O–H groups in total. The summed E-state index contributed by atoms with van der Waals surface area (Å²) in [6.07, 6.45) is -3.54. The van der Waals surface area contributed by atoms with Gasteiger partial charge in [-0.25, -0.2) is 4.39 Å². The van der Waals surface area contributed by atoms with Gasteiger partial charge in [0.25, 0.3) is 0 Å².